The van der Waals surface area contributed by atoms with Crippen molar-refractivity contribution in [3.05, 3.63) is 70.1 Å². The zero-order chi connectivity index (χ0) is 22.0. The van der Waals surface area contributed by atoms with Gasteiger partial charge in [-0.05, 0) is 43.2 Å². The monoisotopic (exact) mass is 420 g/mol. The first-order valence-corrected chi connectivity index (χ1v) is 10.1. The van der Waals surface area contributed by atoms with Crippen LogP contribution in [-0.4, -0.2) is 40.9 Å². The molecule has 8 heteroatoms. The lowest BCUT2D eigenvalue weighted by molar-refractivity contribution is 0.0949. The molecule has 0 spiro atoms. The molecule has 0 atom stereocenters. The fraction of sp³-hybridized carbons (Fsp3) is 0.261. The fourth-order valence-electron chi connectivity index (χ4n) is 3.71. The van der Waals surface area contributed by atoms with Crippen molar-refractivity contribution in [3.63, 3.8) is 0 Å². The Kier molecular flexibility index (Phi) is 5.62. The molecule has 160 valence electrons. The van der Waals surface area contributed by atoms with Gasteiger partial charge in [-0.25, -0.2) is 4.52 Å². The lowest BCUT2D eigenvalue weighted by Gasteiger charge is -2.09. The summed E-state index contributed by atoms with van der Waals surface area (Å²) in [4.78, 5) is 25.6. The number of nitrogens with zero attached hydrogens (tertiary/aromatic N) is 3. The van der Waals surface area contributed by atoms with Crippen molar-refractivity contribution in [2.45, 2.75) is 19.9 Å². The first kappa shape index (κ1) is 20.5. The number of benzene rings is 2. The van der Waals surface area contributed by atoms with Crippen molar-refractivity contribution in [3.8, 4) is 11.5 Å². The lowest BCUT2D eigenvalue weighted by atomic mass is 10.1. The van der Waals surface area contributed by atoms with E-state index in [2.05, 4.69) is 10.4 Å². The highest BCUT2D eigenvalue weighted by Gasteiger charge is 2.16. The SMILES string of the molecule is CCn1c(=O)c2cc(C(=O)NCCc3ccc(OC)c(OC)c3)nn2c2ccccc21. The minimum atomic E-state index is -0.323. The summed E-state index contributed by atoms with van der Waals surface area (Å²) in [5.41, 5.74) is 2.99. The minimum Gasteiger partial charge on any atom is -0.493 e. The van der Waals surface area contributed by atoms with Crippen LogP contribution in [0.5, 0.6) is 11.5 Å². The molecule has 0 saturated heterocycles. The summed E-state index contributed by atoms with van der Waals surface area (Å²) in [5, 5.41) is 7.28. The van der Waals surface area contributed by atoms with Crippen LogP contribution in [0.1, 0.15) is 23.0 Å². The van der Waals surface area contributed by atoms with Crippen molar-refractivity contribution in [2.75, 3.05) is 20.8 Å². The maximum atomic E-state index is 12.9. The minimum absolute atomic E-state index is 0.168. The van der Waals surface area contributed by atoms with Crippen LogP contribution in [-0.2, 0) is 13.0 Å². The van der Waals surface area contributed by atoms with Crippen LogP contribution in [0.25, 0.3) is 16.6 Å². The molecule has 0 saturated carbocycles. The Bertz CT molecular complexity index is 1320. The number of hydrogen-bond donors (Lipinski definition) is 1. The normalized spacial score (nSPS) is 11.1. The Morgan fingerprint density at radius 2 is 1.74 bits per heavy atom. The fourth-order valence-corrected chi connectivity index (χ4v) is 3.71. The third-order valence-corrected chi connectivity index (χ3v) is 5.27. The van der Waals surface area contributed by atoms with Gasteiger partial charge in [0.2, 0.25) is 0 Å². The summed E-state index contributed by atoms with van der Waals surface area (Å²) in [6.45, 7) is 2.87. The first-order valence-electron chi connectivity index (χ1n) is 10.1. The van der Waals surface area contributed by atoms with Gasteiger partial charge < -0.3 is 19.4 Å². The predicted molar refractivity (Wildman–Crippen MR) is 118 cm³/mol. The van der Waals surface area contributed by atoms with E-state index in [1.165, 1.54) is 0 Å². The summed E-state index contributed by atoms with van der Waals surface area (Å²) in [5.74, 6) is 0.978. The van der Waals surface area contributed by atoms with Gasteiger partial charge in [-0.15, -0.1) is 0 Å². The van der Waals surface area contributed by atoms with Crippen LogP contribution in [0.2, 0.25) is 0 Å². The number of hydrogen-bond acceptors (Lipinski definition) is 5. The van der Waals surface area contributed by atoms with Gasteiger partial charge in [0, 0.05) is 19.2 Å². The number of aromatic nitrogens is 3. The average Bonchev–Trinajstić information content (AvgIpc) is 3.25. The Morgan fingerprint density at radius 1 is 1.00 bits per heavy atom. The second-order valence-electron chi connectivity index (χ2n) is 7.06. The molecular formula is C23H24N4O4. The molecule has 0 fully saturated rings. The number of amides is 1. The number of carbonyl (C=O) groups excluding carboxylic acids is 1. The van der Waals surface area contributed by atoms with Gasteiger partial charge >= 0.3 is 0 Å². The highest BCUT2D eigenvalue weighted by Crippen LogP contribution is 2.27. The first-order chi connectivity index (χ1) is 15.1. The van der Waals surface area contributed by atoms with Gasteiger partial charge in [0.1, 0.15) is 5.52 Å². The van der Waals surface area contributed by atoms with Gasteiger partial charge in [-0.1, -0.05) is 18.2 Å². The molecule has 4 rings (SSSR count). The van der Waals surface area contributed by atoms with Crippen molar-refractivity contribution < 1.29 is 14.3 Å². The molecule has 8 nitrogen and oxygen atoms in total. The van der Waals surface area contributed by atoms with E-state index in [1.807, 2.05) is 49.4 Å². The Labute approximate surface area is 179 Å². The number of rotatable bonds is 7. The van der Waals surface area contributed by atoms with E-state index >= 15 is 0 Å². The van der Waals surface area contributed by atoms with E-state index in [-0.39, 0.29) is 17.2 Å². The molecule has 1 amide bonds. The Balaban J connectivity index is 1.56. The van der Waals surface area contributed by atoms with Gasteiger partial charge in [0.25, 0.3) is 11.5 Å². The molecule has 0 aliphatic carbocycles. The number of methoxy groups -OCH3 is 2. The molecule has 0 unspecified atom stereocenters. The van der Waals surface area contributed by atoms with E-state index in [9.17, 15) is 9.59 Å². The summed E-state index contributed by atoms with van der Waals surface area (Å²) in [6, 6.07) is 14.7. The molecule has 1 N–H and O–H groups in total. The average molecular weight is 420 g/mol. The number of nitrogens with one attached hydrogen (secondary N) is 1. The molecule has 0 aliphatic heterocycles. The summed E-state index contributed by atoms with van der Waals surface area (Å²) in [6.07, 6.45) is 0.616. The van der Waals surface area contributed by atoms with Crippen molar-refractivity contribution in [1.29, 1.82) is 0 Å². The third kappa shape index (κ3) is 3.72. The van der Waals surface area contributed by atoms with Gasteiger partial charge in [-0.3, -0.25) is 9.59 Å². The zero-order valence-corrected chi connectivity index (χ0v) is 17.7. The molecule has 31 heavy (non-hydrogen) atoms. The predicted octanol–water partition coefficient (Wildman–Crippen LogP) is 2.66. The standard InChI is InChI=1S/C23H24N4O4/c1-4-26-17-7-5-6-8-18(17)27-19(23(26)29)14-16(25-27)22(28)24-12-11-15-9-10-20(30-2)21(13-15)31-3/h5-10,13-14H,4,11-12H2,1-3H3,(H,24,28). The summed E-state index contributed by atoms with van der Waals surface area (Å²) >= 11 is 0. The summed E-state index contributed by atoms with van der Waals surface area (Å²) < 4.78 is 13.8. The van der Waals surface area contributed by atoms with Crippen LogP contribution in [0, 0.1) is 0 Å². The quantitative estimate of drug-likeness (QED) is 0.497. The Hall–Kier alpha value is -3.81. The highest BCUT2D eigenvalue weighted by atomic mass is 16.5. The largest absolute Gasteiger partial charge is 0.493 e. The van der Waals surface area contributed by atoms with Gasteiger partial charge in [0.15, 0.2) is 17.2 Å². The molecule has 0 radical (unpaired) electrons. The molecule has 2 aromatic heterocycles. The zero-order valence-electron chi connectivity index (χ0n) is 17.7. The van der Waals surface area contributed by atoms with Crippen molar-refractivity contribution in [2.24, 2.45) is 0 Å². The molecule has 0 bridgehead atoms. The third-order valence-electron chi connectivity index (χ3n) is 5.27. The lowest BCUT2D eigenvalue weighted by Crippen LogP contribution is -2.26. The maximum absolute atomic E-state index is 12.9. The van der Waals surface area contributed by atoms with Crippen LogP contribution in [0.15, 0.2) is 53.3 Å². The molecule has 2 heterocycles. The van der Waals surface area contributed by atoms with Crippen LogP contribution < -0.4 is 20.3 Å². The molecule has 0 aliphatic rings. The number of aryl methyl sites for hydroxylation is 1. The highest BCUT2D eigenvalue weighted by molar-refractivity contribution is 5.94. The van der Waals surface area contributed by atoms with Gasteiger partial charge in [-0.2, -0.15) is 5.10 Å². The smallest absolute Gasteiger partial charge is 0.277 e. The second kappa shape index (κ2) is 8.51. The van der Waals surface area contributed by atoms with E-state index in [0.29, 0.717) is 36.5 Å². The summed E-state index contributed by atoms with van der Waals surface area (Å²) in [7, 11) is 3.17. The molecular weight excluding hydrogens is 396 g/mol. The van der Waals surface area contributed by atoms with Crippen molar-refractivity contribution in [1.82, 2.24) is 19.5 Å². The van der Waals surface area contributed by atoms with E-state index in [4.69, 9.17) is 9.47 Å². The number of para-hydroxylation sites is 2. The van der Waals surface area contributed by atoms with Crippen LogP contribution in [0.3, 0.4) is 0 Å². The van der Waals surface area contributed by atoms with Crippen LogP contribution in [0.4, 0.5) is 0 Å². The number of ether oxygens (including phenoxy) is 2. The van der Waals surface area contributed by atoms with Gasteiger partial charge in [0.05, 0.1) is 25.3 Å². The topological polar surface area (TPSA) is 86.9 Å². The van der Waals surface area contributed by atoms with Crippen molar-refractivity contribution >= 4 is 22.5 Å². The van der Waals surface area contributed by atoms with E-state index in [1.54, 1.807) is 29.4 Å². The maximum Gasteiger partial charge on any atom is 0.277 e. The molecule has 2 aromatic carbocycles. The van der Waals surface area contributed by atoms with Crippen LogP contribution >= 0.6 is 0 Å². The Morgan fingerprint density at radius 3 is 2.45 bits per heavy atom. The van der Waals surface area contributed by atoms with E-state index in [0.717, 1.165) is 16.6 Å². The molecule has 4 aromatic rings. The van der Waals surface area contributed by atoms with E-state index < -0.39 is 0 Å². The number of fused-ring (bicyclic) bond motifs is 3. The number of carbonyl (C=O) groups is 1. The second-order valence-corrected chi connectivity index (χ2v) is 7.06.